The summed E-state index contributed by atoms with van der Waals surface area (Å²) < 4.78 is 0. The van der Waals surface area contributed by atoms with Crippen molar-refractivity contribution in [3.8, 4) is 11.3 Å². The molecule has 5 N–H and O–H groups in total. The number of aromatic nitrogens is 2. The van der Waals surface area contributed by atoms with Gasteiger partial charge in [-0.25, -0.2) is 14.8 Å². The molecule has 0 atom stereocenters. The van der Waals surface area contributed by atoms with Crippen molar-refractivity contribution in [2.75, 3.05) is 37.2 Å². The molecular weight excluding hydrogens is 394 g/mol. The fourth-order valence-corrected chi connectivity index (χ4v) is 3.37. The SMILES string of the molecule is NC(=O)N1CCN(C(=O)c2ccc(Nc3nccc(-c4ccc(N)cc4)n3)cc2)CC1. The number of nitrogen functional groups attached to an aromatic ring is 1. The highest BCUT2D eigenvalue weighted by molar-refractivity contribution is 5.94. The van der Waals surface area contributed by atoms with Gasteiger partial charge in [0.05, 0.1) is 5.69 Å². The first kappa shape index (κ1) is 20.1. The molecule has 9 nitrogen and oxygen atoms in total. The lowest BCUT2D eigenvalue weighted by molar-refractivity contribution is 0.0669. The van der Waals surface area contributed by atoms with Crippen LogP contribution < -0.4 is 16.8 Å². The van der Waals surface area contributed by atoms with Gasteiger partial charge in [-0.15, -0.1) is 0 Å². The topological polar surface area (TPSA) is 130 Å². The summed E-state index contributed by atoms with van der Waals surface area (Å²) in [6, 6.07) is 16.0. The van der Waals surface area contributed by atoms with Gasteiger partial charge in [0.25, 0.3) is 5.91 Å². The Hall–Kier alpha value is -4.14. The molecule has 0 spiro atoms. The molecule has 158 valence electrons. The zero-order chi connectivity index (χ0) is 21.8. The molecule has 2 aromatic carbocycles. The van der Waals surface area contributed by atoms with Crippen molar-refractivity contribution in [3.63, 3.8) is 0 Å². The second-order valence-corrected chi connectivity index (χ2v) is 7.21. The van der Waals surface area contributed by atoms with Gasteiger partial charge in [0.2, 0.25) is 5.95 Å². The zero-order valence-electron chi connectivity index (χ0n) is 16.9. The van der Waals surface area contributed by atoms with Crippen LogP contribution in [0.4, 0.5) is 22.1 Å². The van der Waals surface area contributed by atoms with Gasteiger partial charge < -0.3 is 26.6 Å². The predicted octanol–water partition coefficient (Wildman–Crippen LogP) is 2.31. The molecular formula is C22H23N7O2. The Balaban J connectivity index is 1.41. The molecule has 0 aliphatic carbocycles. The van der Waals surface area contributed by atoms with E-state index >= 15 is 0 Å². The number of nitrogens with zero attached hydrogens (tertiary/aromatic N) is 4. The van der Waals surface area contributed by atoms with E-state index < -0.39 is 6.03 Å². The summed E-state index contributed by atoms with van der Waals surface area (Å²) in [5.74, 6) is 0.383. The molecule has 1 aliphatic rings. The second kappa shape index (κ2) is 8.70. The Bertz CT molecular complexity index is 1080. The second-order valence-electron chi connectivity index (χ2n) is 7.21. The molecule has 0 bridgehead atoms. The fourth-order valence-electron chi connectivity index (χ4n) is 3.37. The summed E-state index contributed by atoms with van der Waals surface area (Å²) in [4.78, 5) is 36.0. The number of hydrogen-bond acceptors (Lipinski definition) is 6. The number of anilines is 3. The van der Waals surface area contributed by atoms with E-state index in [2.05, 4.69) is 15.3 Å². The third kappa shape index (κ3) is 4.72. The largest absolute Gasteiger partial charge is 0.399 e. The number of rotatable bonds is 4. The van der Waals surface area contributed by atoms with Crippen molar-refractivity contribution in [2.24, 2.45) is 5.73 Å². The minimum Gasteiger partial charge on any atom is -0.399 e. The van der Waals surface area contributed by atoms with Gasteiger partial charge in [-0.3, -0.25) is 4.79 Å². The van der Waals surface area contributed by atoms with Gasteiger partial charge in [-0.2, -0.15) is 0 Å². The van der Waals surface area contributed by atoms with Crippen LogP contribution in [0.3, 0.4) is 0 Å². The minimum atomic E-state index is -0.454. The van der Waals surface area contributed by atoms with Gasteiger partial charge in [-0.05, 0) is 42.5 Å². The molecule has 1 aromatic heterocycles. The number of primary amides is 1. The summed E-state index contributed by atoms with van der Waals surface area (Å²) in [6.07, 6.45) is 1.69. The summed E-state index contributed by atoms with van der Waals surface area (Å²) in [5, 5.41) is 3.16. The van der Waals surface area contributed by atoms with Crippen LogP contribution in [0.1, 0.15) is 10.4 Å². The zero-order valence-corrected chi connectivity index (χ0v) is 16.9. The molecule has 0 radical (unpaired) electrons. The third-order valence-electron chi connectivity index (χ3n) is 5.13. The number of amides is 3. The molecule has 4 rings (SSSR count). The van der Waals surface area contributed by atoms with Crippen LogP contribution in [0.5, 0.6) is 0 Å². The summed E-state index contributed by atoms with van der Waals surface area (Å²) in [7, 11) is 0. The number of urea groups is 1. The smallest absolute Gasteiger partial charge is 0.314 e. The number of benzene rings is 2. The van der Waals surface area contributed by atoms with Crippen LogP contribution in [0.15, 0.2) is 60.8 Å². The van der Waals surface area contributed by atoms with Gasteiger partial charge in [0.1, 0.15) is 0 Å². The summed E-state index contributed by atoms with van der Waals surface area (Å²) in [5.41, 5.74) is 14.8. The molecule has 0 saturated carbocycles. The Morgan fingerprint density at radius 3 is 2.16 bits per heavy atom. The summed E-state index contributed by atoms with van der Waals surface area (Å²) in [6.45, 7) is 1.83. The molecule has 31 heavy (non-hydrogen) atoms. The maximum atomic E-state index is 12.7. The molecule has 1 saturated heterocycles. The first-order valence-electron chi connectivity index (χ1n) is 9.89. The first-order chi connectivity index (χ1) is 15.0. The average molecular weight is 417 g/mol. The molecule has 1 fully saturated rings. The van der Waals surface area contributed by atoms with E-state index in [1.54, 1.807) is 23.2 Å². The molecule has 1 aliphatic heterocycles. The van der Waals surface area contributed by atoms with Crippen LogP contribution in [-0.4, -0.2) is 57.9 Å². The summed E-state index contributed by atoms with van der Waals surface area (Å²) >= 11 is 0. The van der Waals surface area contributed by atoms with E-state index in [9.17, 15) is 9.59 Å². The lowest BCUT2D eigenvalue weighted by Gasteiger charge is -2.33. The van der Waals surface area contributed by atoms with Gasteiger partial charge >= 0.3 is 6.03 Å². The third-order valence-corrected chi connectivity index (χ3v) is 5.13. The van der Waals surface area contributed by atoms with E-state index in [0.29, 0.717) is 43.4 Å². The molecule has 0 unspecified atom stereocenters. The van der Waals surface area contributed by atoms with Crippen molar-refractivity contribution < 1.29 is 9.59 Å². The van der Waals surface area contributed by atoms with Gasteiger partial charge in [0.15, 0.2) is 0 Å². The standard InChI is InChI=1S/C22H23N7O2/c23-17-5-1-15(2-6-17)19-9-10-25-22(27-19)26-18-7-3-16(4-8-18)20(30)28-11-13-29(14-12-28)21(24)31/h1-10H,11-14,23H2,(H2,24,31)(H,25,26,27). The number of carbonyl (C=O) groups is 2. The van der Waals surface area contributed by atoms with Crippen LogP contribution in [0, 0.1) is 0 Å². The van der Waals surface area contributed by atoms with E-state index in [1.165, 1.54) is 4.90 Å². The van der Waals surface area contributed by atoms with Crippen molar-refractivity contribution in [2.45, 2.75) is 0 Å². The number of nitrogens with one attached hydrogen (secondary N) is 1. The highest BCUT2D eigenvalue weighted by Gasteiger charge is 2.23. The molecule has 2 heterocycles. The van der Waals surface area contributed by atoms with Crippen LogP contribution in [0.25, 0.3) is 11.3 Å². The Morgan fingerprint density at radius 2 is 1.52 bits per heavy atom. The van der Waals surface area contributed by atoms with Crippen molar-refractivity contribution in [3.05, 3.63) is 66.4 Å². The number of hydrogen-bond donors (Lipinski definition) is 3. The van der Waals surface area contributed by atoms with Crippen LogP contribution in [0.2, 0.25) is 0 Å². The van der Waals surface area contributed by atoms with Crippen molar-refractivity contribution in [1.82, 2.24) is 19.8 Å². The van der Waals surface area contributed by atoms with Crippen molar-refractivity contribution >= 4 is 29.3 Å². The first-order valence-corrected chi connectivity index (χ1v) is 9.89. The van der Waals surface area contributed by atoms with Gasteiger partial charge in [0, 0.05) is 54.9 Å². The Kier molecular flexibility index (Phi) is 5.65. The van der Waals surface area contributed by atoms with Crippen molar-refractivity contribution in [1.29, 1.82) is 0 Å². The number of piperazine rings is 1. The fraction of sp³-hybridized carbons (Fsp3) is 0.182. The predicted molar refractivity (Wildman–Crippen MR) is 119 cm³/mol. The molecule has 3 amide bonds. The molecule has 3 aromatic rings. The quantitative estimate of drug-likeness (QED) is 0.559. The van der Waals surface area contributed by atoms with Crippen LogP contribution in [-0.2, 0) is 0 Å². The monoisotopic (exact) mass is 417 g/mol. The lowest BCUT2D eigenvalue weighted by atomic mass is 10.1. The Labute approximate surface area is 179 Å². The minimum absolute atomic E-state index is 0.0720. The van der Waals surface area contributed by atoms with Gasteiger partial charge in [-0.1, -0.05) is 12.1 Å². The highest BCUT2D eigenvalue weighted by Crippen LogP contribution is 2.21. The lowest BCUT2D eigenvalue weighted by Crippen LogP contribution is -2.52. The van der Waals surface area contributed by atoms with E-state index in [4.69, 9.17) is 11.5 Å². The number of carbonyl (C=O) groups excluding carboxylic acids is 2. The Morgan fingerprint density at radius 1 is 0.871 bits per heavy atom. The highest BCUT2D eigenvalue weighted by atomic mass is 16.2. The normalized spacial score (nSPS) is 13.7. The molecule has 9 heteroatoms. The van der Waals surface area contributed by atoms with E-state index in [1.807, 2.05) is 42.5 Å². The van der Waals surface area contributed by atoms with E-state index in [-0.39, 0.29) is 5.91 Å². The number of nitrogens with two attached hydrogens (primary N) is 2. The maximum Gasteiger partial charge on any atom is 0.314 e. The maximum absolute atomic E-state index is 12.7. The van der Waals surface area contributed by atoms with E-state index in [0.717, 1.165) is 16.9 Å². The average Bonchev–Trinajstić information content (AvgIpc) is 2.80. The van der Waals surface area contributed by atoms with Crippen LogP contribution >= 0.6 is 0 Å².